The molecule has 0 fully saturated rings. The Labute approximate surface area is 98.5 Å². The van der Waals surface area contributed by atoms with Crippen molar-refractivity contribution in [3.05, 3.63) is 66.0 Å². The summed E-state index contributed by atoms with van der Waals surface area (Å²) in [6.45, 7) is 0. The van der Waals surface area contributed by atoms with Gasteiger partial charge in [0.15, 0.2) is 0 Å². The Hall–Kier alpha value is -1.72. The lowest BCUT2D eigenvalue weighted by molar-refractivity contribution is 0.602. The van der Waals surface area contributed by atoms with E-state index in [1.807, 2.05) is 30.3 Å². The van der Waals surface area contributed by atoms with Gasteiger partial charge in [-0.05, 0) is 41.3 Å². The molecule has 0 N–H and O–H groups in total. The summed E-state index contributed by atoms with van der Waals surface area (Å²) in [5.74, 6) is 2.74. The number of rotatable bonds is 1. The van der Waals surface area contributed by atoms with Crippen LogP contribution < -0.4 is 0 Å². The monoisotopic (exact) mass is 228 g/mol. The minimum absolute atomic E-state index is 0.227. The predicted octanol–water partition coefficient (Wildman–Crippen LogP) is 3.93. The van der Waals surface area contributed by atoms with Crippen molar-refractivity contribution >= 4 is 11.8 Å². The van der Waals surface area contributed by atoms with E-state index >= 15 is 0 Å². The lowest BCUT2D eigenvalue weighted by Gasteiger charge is -1.94. The van der Waals surface area contributed by atoms with E-state index in [2.05, 4.69) is 11.2 Å². The Bertz CT molecular complexity index is 523. The van der Waals surface area contributed by atoms with Crippen LogP contribution in [0.3, 0.4) is 0 Å². The second kappa shape index (κ2) is 5.39. The molecule has 0 nitrogen and oxygen atoms in total. The van der Waals surface area contributed by atoms with Gasteiger partial charge in [0.05, 0.1) is 4.90 Å². The number of halogens is 1. The largest absolute Gasteiger partial charge is 0.206 e. The number of hydrogen-bond acceptors (Lipinski definition) is 1. The van der Waals surface area contributed by atoms with E-state index in [9.17, 15) is 4.39 Å². The van der Waals surface area contributed by atoms with E-state index in [0.29, 0.717) is 4.90 Å². The lowest BCUT2D eigenvalue weighted by atomic mass is 10.2. The second-order valence-electron chi connectivity index (χ2n) is 3.13. The highest BCUT2D eigenvalue weighted by Crippen LogP contribution is 2.19. The van der Waals surface area contributed by atoms with Gasteiger partial charge >= 0.3 is 0 Å². The molecule has 2 aromatic carbocycles. The molecule has 0 heterocycles. The molecule has 0 spiro atoms. The van der Waals surface area contributed by atoms with Crippen molar-refractivity contribution in [1.82, 2.24) is 0 Å². The van der Waals surface area contributed by atoms with Crippen LogP contribution in [0.5, 0.6) is 0 Å². The van der Waals surface area contributed by atoms with Gasteiger partial charge in [-0.25, -0.2) is 4.39 Å². The number of benzene rings is 2. The van der Waals surface area contributed by atoms with Crippen LogP contribution in [-0.4, -0.2) is 0 Å². The summed E-state index contributed by atoms with van der Waals surface area (Å²) in [6.07, 6.45) is 0. The van der Waals surface area contributed by atoms with Crippen LogP contribution >= 0.6 is 11.8 Å². The average Bonchev–Trinajstić information content (AvgIpc) is 2.33. The highest BCUT2D eigenvalue weighted by Gasteiger charge is 1.97. The summed E-state index contributed by atoms with van der Waals surface area (Å²) >= 11 is 1.21. The maximum absolute atomic E-state index is 13.2. The molecule has 0 radical (unpaired) electrons. The highest BCUT2D eigenvalue weighted by atomic mass is 32.2. The standard InChI is InChI=1S/C14H9FS/c15-13-8-4-5-9-14(13)16-11-10-12-6-2-1-3-7-12/h1-9H. The van der Waals surface area contributed by atoms with Crippen molar-refractivity contribution in [2.24, 2.45) is 0 Å². The third kappa shape index (κ3) is 2.88. The molecule has 0 aliphatic rings. The molecule has 2 heteroatoms. The summed E-state index contributed by atoms with van der Waals surface area (Å²) in [6, 6.07) is 16.3. The first-order valence-electron chi connectivity index (χ1n) is 4.84. The van der Waals surface area contributed by atoms with Crippen molar-refractivity contribution in [2.75, 3.05) is 0 Å². The topological polar surface area (TPSA) is 0 Å². The molecule has 0 bridgehead atoms. The molecular weight excluding hydrogens is 219 g/mol. The fourth-order valence-electron chi connectivity index (χ4n) is 1.19. The fraction of sp³-hybridized carbons (Fsp3) is 0. The Balaban J connectivity index is 2.09. The first-order valence-corrected chi connectivity index (χ1v) is 5.65. The third-order valence-electron chi connectivity index (χ3n) is 1.97. The van der Waals surface area contributed by atoms with E-state index in [1.54, 1.807) is 18.2 Å². The first-order chi connectivity index (χ1) is 7.86. The van der Waals surface area contributed by atoms with Gasteiger partial charge in [-0.2, -0.15) is 0 Å². The maximum Gasteiger partial charge on any atom is 0.137 e. The molecule has 78 valence electrons. The van der Waals surface area contributed by atoms with E-state index in [4.69, 9.17) is 0 Å². The van der Waals surface area contributed by atoms with Crippen LogP contribution in [0.15, 0.2) is 59.5 Å². The van der Waals surface area contributed by atoms with Crippen LogP contribution in [0.25, 0.3) is 0 Å². The molecule has 0 saturated carbocycles. The lowest BCUT2D eigenvalue weighted by Crippen LogP contribution is -1.76. The van der Waals surface area contributed by atoms with Crippen molar-refractivity contribution in [3.63, 3.8) is 0 Å². The maximum atomic E-state index is 13.2. The van der Waals surface area contributed by atoms with Crippen LogP contribution in [-0.2, 0) is 0 Å². The zero-order valence-corrected chi connectivity index (χ0v) is 9.30. The van der Waals surface area contributed by atoms with E-state index in [-0.39, 0.29) is 5.82 Å². The molecule has 16 heavy (non-hydrogen) atoms. The van der Waals surface area contributed by atoms with Gasteiger partial charge < -0.3 is 0 Å². The number of thioether (sulfide) groups is 1. The normalized spacial score (nSPS) is 9.31. The molecule has 0 unspecified atom stereocenters. The smallest absolute Gasteiger partial charge is 0.137 e. The molecule has 0 amide bonds. The SMILES string of the molecule is Fc1ccccc1SC#Cc1ccccc1. The van der Waals surface area contributed by atoms with Gasteiger partial charge in [0.1, 0.15) is 5.82 Å². The summed E-state index contributed by atoms with van der Waals surface area (Å²) in [5.41, 5.74) is 0.936. The quantitative estimate of drug-likeness (QED) is 0.526. The van der Waals surface area contributed by atoms with E-state index < -0.39 is 0 Å². The van der Waals surface area contributed by atoms with Crippen LogP contribution in [0.2, 0.25) is 0 Å². The molecule has 0 aliphatic heterocycles. The van der Waals surface area contributed by atoms with Gasteiger partial charge in [-0.15, -0.1) is 0 Å². The van der Waals surface area contributed by atoms with Crippen molar-refractivity contribution < 1.29 is 4.39 Å². The Morgan fingerprint density at radius 1 is 0.875 bits per heavy atom. The molecule has 2 aromatic rings. The van der Waals surface area contributed by atoms with Gasteiger partial charge in [0.25, 0.3) is 0 Å². The zero-order valence-electron chi connectivity index (χ0n) is 8.48. The Morgan fingerprint density at radius 3 is 2.31 bits per heavy atom. The Kier molecular flexibility index (Phi) is 3.63. The summed E-state index contributed by atoms with van der Waals surface area (Å²) < 4.78 is 13.2. The van der Waals surface area contributed by atoms with Gasteiger partial charge in [0.2, 0.25) is 0 Å². The van der Waals surface area contributed by atoms with Crippen molar-refractivity contribution in [3.8, 4) is 11.2 Å². The molecule has 0 saturated heterocycles. The molecular formula is C14H9FS. The summed E-state index contributed by atoms with van der Waals surface area (Å²) in [4.78, 5) is 0.561. The third-order valence-corrected chi connectivity index (χ3v) is 2.72. The van der Waals surface area contributed by atoms with Gasteiger partial charge in [-0.1, -0.05) is 36.3 Å². The first kappa shape index (κ1) is 10.8. The molecule has 0 atom stereocenters. The van der Waals surface area contributed by atoms with Crippen molar-refractivity contribution in [2.45, 2.75) is 4.90 Å². The van der Waals surface area contributed by atoms with Crippen LogP contribution in [0, 0.1) is 17.0 Å². The molecule has 0 aliphatic carbocycles. The highest BCUT2D eigenvalue weighted by molar-refractivity contribution is 8.04. The van der Waals surface area contributed by atoms with Crippen LogP contribution in [0.1, 0.15) is 5.56 Å². The van der Waals surface area contributed by atoms with Gasteiger partial charge in [0, 0.05) is 5.56 Å². The molecule has 2 rings (SSSR count). The van der Waals surface area contributed by atoms with Gasteiger partial charge in [-0.3, -0.25) is 0 Å². The number of hydrogen-bond donors (Lipinski definition) is 0. The second-order valence-corrected chi connectivity index (χ2v) is 3.97. The Morgan fingerprint density at radius 2 is 1.56 bits per heavy atom. The zero-order chi connectivity index (χ0) is 11.2. The van der Waals surface area contributed by atoms with E-state index in [1.165, 1.54) is 17.8 Å². The average molecular weight is 228 g/mol. The minimum Gasteiger partial charge on any atom is -0.206 e. The van der Waals surface area contributed by atoms with Crippen molar-refractivity contribution in [1.29, 1.82) is 0 Å². The fourth-order valence-corrected chi connectivity index (χ4v) is 1.78. The van der Waals surface area contributed by atoms with E-state index in [0.717, 1.165) is 5.56 Å². The summed E-state index contributed by atoms with van der Waals surface area (Å²) in [5, 5.41) is 2.89. The minimum atomic E-state index is -0.227. The predicted molar refractivity (Wildman–Crippen MR) is 65.6 cm³/mol. The molecule has 0 aromatic heterocycles. The summed E-state index contributed by atoms with van der Waals surface area (Å²) in [7, 11) is 0. The van der Waals surface area contributed by atoms with Crippen LogP contribution in [0.4, 0.5) is 4.39 Å².